The van der Waals surface area contributed by atoms with Gasteiger partial charge in [-0.15, -0.1) is 22.1 Å². The fourth-order valence-corrected chi connectivity index (χ4v) is 6.18. The van der Waals surface area contributed by atoms with Crippen LogP contribution in [0.5, 0.6) is 0 Å². The van der Waals surface area contributed by atoms with E-state index in [0.717, 1.165) is 26.7 Å². The van der Waals surface area contributed by atoms with Crippen LogP contribution in [0.15, 0.2) is 89.4 Å². The van der Waals surface area contributed by atoms with Gasteiger partial charge >= 0.3 is 28.4 Å². The summed E-state index contributed by atoms with van der Waals surface area (Å²) in [5, 5.41) is 0. The Labute approximate surface area is 288 Å². The van der Waals surface area contributed by atoms with Crippen molar-refractivity contribution in [2.24, 2.45) is 0 Å². The second-order valence-electron chi connectivity index (χ2n) is 10.6. The van der Waals surface area contributed by atoms with Gasteiger partial charge < -0.3 is 19.4 Å². The molecule has 0 radical (unpaired) electrons. The molecule has 0 aliphatic carbocycles. The normalized spacial score (nSPS) is 11.7. The molecule has 3 aromatic heterocycles. The molecule has 2 aliphatic rings. The molecule has 2 aromatic carbocycles. The minimum absolute atomic E-state index is 0. The Bertz CT molecular complexity index is 2090. The topological polar surface area (TPSA) is 107 Å². The van der Waals surface area contributed by atoms with Crippen LogP contribution in [0.4, 0.5) is 0 Å². The quantitative estimate of drug-likeness (QED) is 0.102. The van der Waals surface area contributed by atoms with Crippen LogP contribution in [0.3, 0.4) is 0 Å². The summed E-state index contributed by atoms with van der Waals surface area (Å²) in [6, 6.07) is 26.9. The second-order valence-corrected chi connectivity index (χ2v) is 11.3. The number of nitrogens with zero attached hydrogens (tertiary/aromatic N) is 4. The first kappa shape index (κ1) is 31.9. The summed E-state index contributed by atoms with van der Waals surface area (Å²) in [6.07, 6.45) is 7.76. The third kappa shape index (κ3) is 5.86. The summed E-state index contributed by atoms with van der Waals surface area (Å²) in [5.41, 5.74) is 8.45. The van der Waals surface area contributed by atoms with Crippen molar-refractivity contribution in [2.75, 3.05) is 14.2 Å². The molecule has 2 aliphatic heterocycles. The number of fused-ring (bicyclic) bond motifs is 8. The number of esters is 2. The number of methoxy groups -OCH3 is 2. The number of benzene rings is 2. The molecule has 10 heteroatoms. The summed E-state index contributed by atoms with van der Waals surface area (Å²) in [5.74, 6) is -3.00. The molecule has 0 N–H and O–H groups in total. The van der Waals surface area contributed by atoms with E-state index in [2.05, 4.69) is 15.9 Å². The first-order valence-corrected chi connectivity index (χ1v) is 15.2. The van der Waals surface area contributed by atoms with E-state index in [1.54, 1.807) is 12.1 Å². The number of carbonyl (C=O) groups is 2. The van der Waals surface area contributed by atoms with E-state index in [9.17, 15) is 9.59 Å². The second kappa shape index (κ2) is 13.4. The van der Waals surface area contributed by atoms with E-state index in [-0.39, 0.29) is 22.1 Å². The number of hydrogen-bond donors (Lipinski definition) is 0. The summed E-state index contributed by atoms with van der Waals surface area (Å²) in [4.78, 5) is 46.5. The Morgan fingerprint density at radius 1 is 0.596 bits per heavy atom. The number of hydrogen-bond acceptors (Lipinski definition) is 6. The van der Waals surface area contributed by atoms with Gasteiger partial charge in [0, 0.05) is 0 Å². The summed E-state index contributed by atoms with van der Waals surface area (Å²) in [6.45, 7) is 0. The van der Waals surface area contributed by atoms with Gasteiger partial charge in [-0.3, -0.25) is 9.59 Å². The van der Waals surface area contributed by atoms with Crippen molar-refractivity contribution in [3.05, 3.63) is 118 Å². The maximum atomic E-state index is 13.2. The van der Waals surface area contributed by atoms with Crippen LogP contribution in [0.1, 0.15) is 34.3 Å². The molecule has 234 valence electrons. The van der Waals surface area contributed by atoms with Crippen molar-refractivity contribution in [3.8, 4) is 22.3 Å². The predicted octanol–water partition coefficient (Wildman–Crippen LogP) is 7.44. The van der Waals surface area contributed by atoms with E-state index in [4.69, 9.17) is 29.4 Å². The maximum Gasteiger partial charge on any atom is 2.00 e. The first-order valence-electron chi connectivity index (χ1n) is 14.4. The molecule has 0 spiro atoms. The Kier molecular flexibility index (Phi) is 9.07. The Balaban J connectivity index is 0.00000386. The first-order chi connectivity index (χ1) is 22.5. The van der Waals surface area contributed by atoms with Crippen LogP contribution in [0.25, 0.3) is 68.6 Å². The molecule has 0 saturated carbocycles. The van der Waals surface area contributed by atoms with Gasteiger partial charge in [0.25, 0.3) is 0 Å². The molecule has 0 amide bonds. The summed E-state index contributed by atoms with van der Waals surface area (Å²) in [7, 11) is 2.47. The molecular formula is C37H25BrN4NiO4. The molecule has 7 rings (SSSR count). The van der Waals surface area contributed by atoms with Gasteiger partial charge in [-0.05, 0) is 62.5 Å². The van der Waals surface area contributed by atoms with Gasteiger partial charge in [-0.2, -0.15) is 0 Å². The molecular weight excluding hydrogens is 703 g/mol. The molecule has 5 aromatic rings. The fraction of sp³-hybridized carbons (Fsp3) is 0.0811. The number of carbonyl (C=O) groups excluding carboxylic acids is 2. The van der Waals surface area contributed by atoms with Gasteiger partial charge in [0.1, 0.15) is 0 Å². The largest absolute Gasteiger partial charge is 2.00 e. The van der Waals surface area contributed by atoms with Crippen LogP contribution < -0.4 is 9.97 Å². The number of halogens is 1. The van der Waals surface area contributed by atoms with Crippen molar-refractivity contribution >= 4 is 74.2 Å². The Morgan fingerprint density at radius 2 is 0.979 bits per heavy atom. The van der Waals surface area contributed by atoms with Crippen LogP contribution in [-0.4, -0.2) is 36.1 Å². The number of rotatable bonds is 5. The van der Waals surface area contributed by atoms with E-state index < -0.39 is 17.9 Å². The van der Waals surface area contributed by atoms with Crippen molar-refractivity contribution in [2.45, 2.75) is 5.92 Å². The smallest absolute Gasteiger partial charge is 0.657 e. The van der Waals surface area contributed by atoms with Gasteiger partial charge in [0.2, 0.25) is 0 Å². The average molecular weight is 728 g/mol. The zero-order chi connectivity index (χ0) is 31.8. The molecule has 0 atom stereocenters. The minimum atomic E-state index is -1.43. The zero-order valence-corrected chi connectivity index (χ0v) is 27.7. The van der Waals surface area contributed by atoms with Crippen LogP contribution >= 0.6 is 15.9 Å². The third-order valence-corrected chi connectivity index (χ3v) is 8.69. The summed E-state index contributed by atoms with van der Waals surface area (Å²) >= 11 is 3.77. The molecule has 0 unspecified atom stereocenters. The Hall–Kier alpha value is -5.05. The van der Waals surface area contributed by atoms with Gasteiger partial charge in [-0.1, -0.05) is 90.5 Å². The monoisotopic (exact) mass is 726 g/mol. The van der Waals surface area contributed by atoms with Crippen molar-refractivity contribution in [1.29, 1.82) is 0 Å². The molecule has 8 bridgehead atoms. The molecule has 0 saturated heterocycles. The Morgan fingerprint density at radius 3 is 1.38 bits per heavy atom. The van der Waals surface area contributed by atoms with E-state index in [1.807, 2.05) is 97.1 Å². The van der Waals surface area contributed by atoms with Gasteiger partial charge in [-0.25, -0.2) is 9.97 Å². The standard InChI is InChI=1S/C37H25BrN4O4.Ni/c1-45-36(43)34(37(44)46-2)33-27-15-13-23(39-27)31(21-9-5-3-6-10-21)25-17-19-29(41-25)35(38)30-20-18-26(42-30)32(22-11-7-4-8-12-22)24-14-16-28(33)40-24;/h3-20,34H,1-2H3;/q-2;+2. The van der Waals surface area contributed by atoms with Crippen LogP contribution in [0.2, 0.25) is 0 Å². The van der Waals surface area contributed by atoms with Crippen molar-refractivity contribution < 1.29 is 35.6 Å². The van der Waals surface area contributed by atoms with E-state index in [0.29, 0.717) is 44.8 Å². The SMILES string of the molecule is COC(=O)C(C(=O)OC)c1c2ccc([n-]2)c(-c2ccccc2)c2nc(c(Br)c3nc(c(-c4ccccc4)c4ccc1[n-]4)C=C3)C=C2.[Ni+2]. The molecule has 47 heavy (non-hydrogen) atoms. The van der Waals surface area contributed by atoms with E-state index >= 15 is 0 Å². The zero-order valence-electron chi connectivity index (χ0n) is 25.1. The van der Waals surface area contributed by atoms with Crippen molar-refractivity contribution in [1.82, 2.24) is 19.9 Å². The number of ether oxygens (including phenoxy) is 2. The van der Waals surface area contributed by atoms with Crippen molar-refractivity contribution in [3.63, 3.8) is 0 Å². The maximum absolute atomic E-state index is 13.2. The van der Waals surface area contributed by atoms with Crippen LogP contribution in [0, 0.1) is 0 Å². The number of aromatic nitrogens is 4. The third-order valence-electron chi connectivity index (χ3n) is 7.87. The minimum Gasteiger partial charge on any atom is -0.657 e. The van der Waals surface area contributed by atoms with Gasteiger partial charge in [0.15, 0.2) is 5.92 Å². The summed E-state index contributed by atoms with van der Waals surface area (Å²) < 4.78 is 10.9. The fourth-order valence-electron chi connectivity index (χ4n) is 5.74. The molecule has 0 fully saturated rings. The molecule has 8 nitrogen and oxygen atoms in total. The van der Waals surface area contributed by atoms with E-state index in [1.165, 1.54) is 14.2 Å². The van der Waals surface area contributed by atoms with Crippen LogP contribution in [-0.2, 0) is 35.6 Å². The molecule has 5 heterocycles. The van der Waals surface area contributed by atoms with Gasteiger partial charge in [0.05, 0.1) is 41.5 Å². The predicted molar refractivity (Wildman–Crippen MR) is 182 cm³/mol. The average Bonchev–Trinajstić information content (AvgIpc) is 3.92.